The molecule has 3 N–H and O–H groups in total. The van der Waals surface area contributed by atoms with Gasteiger partial charge in [0.15, 0.2) is 12.6 Å². The molecular formula is C20H29IN6O2. The van der Waals surface area contributed by atoms with Gasteiger partial charge >= 0.3 is 0 Å². The fraction of sp³-hybridized carbons (Fsp3) is 0.450. The molecule has 8 nitrogen and oxygen atoms in total. The highest BCUT2D eigenvalue weighted by Crippen LogP contribution is 2.18. The van der Waals surface area contributed by atoms with Gasteiger partial charge in [0, 0.05) is 32.9 Å². The number of benzene rings is 1. The van der Waals surface area contributed by atoms with E-state index < -0.39 is 0 Å². The normalized spacial score (nSPS) is 13.4. The lowest BCUT2D eigenvalue weighted by Gasteiger charge is -2.12. The van der Waals surface area contributed by atoms with E-state index in [9.17, 15) is 4.79 Å². The van der Waals surface area contributed by atoms with Crippen LogP contribution in [0, 0.1) is 0 Å². The Balaban J connectivity index is 0.00000300. The molecule has 1 heterocycles. The lowest BCUT2D eigenvalue weighted by Crippen LogP contribution is -2.38. The number of carbonyl (C=O) groups is 1. The molecule has 3 rings (SSSR count). The first-order chi connectivity index (χ1) is 13.6. The molecular weight excluding hydrogens is 483 g/mol. The van der Waals surface area contributed by atoms with Gasteiger partial charge in [-0.05, 0) is 43.0 Å². The van der Waals surface area contributed by atoms with Crippen molar-refractivity contribution in [3.63, 3.8) is 0 Å². The molecule has 0 saturated heterocycles. The van der Waals surface area contributed by atoms with E-state index in [4.69, 9.17) is 4.74 Å². The predicted octanol–water partition coefficient (Wildman–Crippen LogP) is 1.60. The molecule has 0 radical (unpaired) electrons. The first-order valence-corrected chi connectivity index (χ1v) is 9.56. The second kappa shape index (κ2) is 11.6. The molecule has 0 atom stereocenters. The molecule has 1 aliphatic rings. The predicted molar refractivity (Wildman–Crippen MR) is 124 cm³/mol. The summed E-state index contributed by atoms with van der Waals surface area (Å²) < 4.78 is 7.36. The lowest BCUT2D eigenvalue weighted by atomic mass is 10.1. The third-order valence-electron chi connectivity index (χ3n) is 4.52. The van der Waals surface area contributed by atoms with E-state index in [2.05, 4.69) is 26.0 Å². The highest BCUT2D eigenvalue weighted by molar-refractivity contribution is 14.0. The number of ether oxygens (including phenoxy) is 1. The molecule has 1 aromatic heterocycles. The van der Waals surface area contributed by atoms with Gasteiger partial charge in [0.25, 0.3) is 5.91 Å². The Kier molecular flexibility index (Phi) is 9.23. The van der Waals surface area contributed by atoms with Crippen molar-refractivity contribution >= 4 is 35.8 Å². The summed E-state index contributed by atoms with van der Waals surface area (Å²) in [5.74, 6) is 1.40. The summed E-state index contributed by atoms with van der Waals surface area (Å²) in [4.78, 5) is 15.9. The van der Waals surface area contributed by atoms with E-state index in [1.165, 1.54) is 5.56 Å². The number of hydrogen-bond acceptors (Lipinski definition) is 4. The Bertz CT molecular complexity index is 802. The molecule has 1 amide bonds. The number of amides is 1. The van der Waals surface area contributed by atoms with E-state index in [0.29, 0.717) is 18.3 Å². The topological polar surface area (TPSA) is 92.6 Å². The molecule has 0 unspecified atom stereocenters. The Morgan fingerprint density at radius 2 is 2.00 bits per heavy atom. The van der Waals surface area contributed by atoms with Crippen molar-refractivity contribution < 1.29 is 9.53 Å². The van der Waals surface area contributed by atoms with Crippen LogP contribution in [-0.4, -0.2) is 47.9 Å². The Morgan fingerprint density at radius 3 is 2.62 bits per heavy atom. The number of aromatic nitrogens is 2. The number of nitrogens with zero attached hydrogens (tertiary/aromatic N) is 3. The van der Waals surface area contributed by atoms with E-state index >= 15 is 0 Å². The second-order valence-electron chi connectivity index (χ2n) is 6.82. The van der Waals surface area contributed by atoms with Crippen LogP contribution < -0.4 is 20.7 Å². The summed E-state index contributed by atoms with van der Waals surface area (Å²) in [7, 11) is 3.67. The fourth-order valence-electron chi connectivity index (χ4n) is 2.69. The average Bonchev–Trinajstić information content (AvgIpc) is 3.42. The molecule has 1 aliphatic carbocycles. The zero-order valence-electron chi connectivity index (χ0n) is 16.9. The van der Waals surface area contributed by atoms with Gasteiger partial charge in [-0.3, -0.25) is 14.5 Å². The van der Waals surface area contributed by atoms with Crippen LogP contribution in [0.2, 0.25) is 0 Å². The fourth-order valence-corrected chi connectivity index (χ4v) is 2.69. The van der Waals surface area contributed by atoms with Crippen LogP contribution in [0.25, 0.3) is 0 Å². The third kappa shape index (κ3) is 7.92. The Morgan fingerprint density at radius 1 is 1.24 bits per heavy atom. The van der Waals surface area contributed by atoms with Gasteiger partial charge in [-0.2, -0.15) is 5.10 Å². The first-order valence-electron chi connectivity index (χ1n) is 9.56. The number of aliphatic imine (C=N–C) groups is 1. The molecule has 158 valence electrons. The van der Waals surface area contributed by atoms with Crippen LogP contribution in [-0.2, 0) is 24.8 Å². The SMILES string of the molecule is CN=C(NCCc1ccc(OCC(=O)NC2CC2)cc1)NCc1ccnn1C.I. The maximum absolute atomic E-state index is 11.6. The monoisotopic (exact) mass is 512 g/mol. The molecule has 1 aromatic carbocycles. The van der Waals surface area contributed by atoms with Crippen molar-refractivity contribution in [3.05, 3.63) is 47.8 Å². The second-order valence-corrected chi connectivity index (χ2v) is 6.82. The summed E-state index contributed by atoms with van der Waals surface area (Å²) in [5.41, 5.74) is 2.27. The number of aryl methyl sites for hydroxylation is 1. The minimum Gasteiger partial charge on any atom is -0.484 e. The van der Waals surface area contributed by atoms with Crippen molar-refractivity contribution in [1.82, 2.24) is 25.7 Å². The van der Waals surface area contributed by atoms with Crippen LogP contribution in [0.3, 0.4) is 0 Å². The summed E-state index contributed by atoms with van der Waals surface area (Å²) in [6.07, 6.45) is 4.80. The van der Waals surface area contributed by atoms with Crippen LogP contribution in [0.1, 0.15) is 24.1 Å². The maximum atomic E-state index is 11.6. The van der Waals surface area contributed by atoms with Crippen LogP contribution in [0.15, 0.2) is 41.5 Å². The lowest BCUT2D eigenvalue weighted by molar-refractivity contribution is -0.123. The molecule has 0 aliphatic heterocycles. The van der Waals surface area contributed by atoms with Crippen molar-refractivity contribution in [2.75, 3.05) is 20.2 Å². The minimum absolute atomic E-state index is 0. The van der Waals surface area contributed by atoms with E-state index in [1.54, 1.807) is 13.2 Å². The minimum atomic E-state index is -0.0548. The Hall–Kier alpha value is -2.30. The van der Waals surface area contributed by atoms with Crippen LogP contribution >= 0.6 is 24.0 Å². The van der Waals surface area contributed by atoms with Crippen molar-refractivity contribution in [2.24, 2.45) is 12.0 Å². The number of guanidine groups is 1. The smallest absolute Gasteiger partial charge is 0.258 e. The summed E-state index contributed by atoms with van der Waals surface area (Å²) in [6, 6.07) is 10.2. The van der Waals surface area contributed by atoms with E-state index in [0.717, 1.165) is 37.5 Å². The van der Waals surface area contributed by atoms with Gasteiger partial charge in [-0.1, -0.05) is 12.1 Å². The van der Waals surface area contributed by atoms with Crippen molar-refractivity contribution in [1.29, 1.82) is 0 Å². The van der Waals surface area contributed by atoms with E-state index in [-0.39, 0.29) is 36.5 Å². The number of nitrogens with one attached hydrogen (secondary N) is 3. The standard InChI is InChI=1S/C20H28N6O2.HI/c1-21-20(23-13-17-10-12-24-26(17)2)22-11-9-15-3-7-18(8-4-15)28-14-19(27)25-16-5-6-16;/h3-4,7-8,10,12,16H,5-6,9,11,13-14H2,1-2H3,(H,25,27)(H2,21,22,23);1H. The first kappa shape index (κ1) is 23.0. The summed E-state index contributed by atoms with van der Waals surface area (Å²) in [5, 5.41) is 13.6. The van der Waals surface area contributed by atoms with E-state index in [1.807, 2.05) is 42.1 Å². The number of halogens is 1. The van der Waals surface area contributed by atoms with Crippen LogP contribution in [0.5, 0.6) is 5.75 Å². The number of hydrogen-bond donors (Lipinski definition) is 3. The zero-order chi connectivity index (χ0) is 19.8. The van der Waals surface area contributed by atoms with Gasteiger partial charge in [0.05, 0.1) is 12.2 Å². The number of rotatable bonds is 9. The highest BCUT2D eigenvalue weighted by Gasteiger charge is 2.23. The largest absolute Gasteiger partial charge is 0.484 e. The van der Waals surface area contributed by atoms with Gasteiger partial charge in [-0.15, -0.1) is 24.0 Å². The molecule has 1 saturated carbocycles. The third-order valence-corrected chi connectivity index (χ3v) is 4.52. The van der Waals surface area contributed by atoms with Gasteiger partial charge < -0.3 is 20.7 Å². The molecule has 2 aromatic rings. The van der Waals surface area contributed by atoms with Gasteiger partial charge in [-0.25, -0.2) is 0 Å². The molecule has 9 heteroatoms. The summed E-state index contributed by atoms with van der Waals surface area (Å²) in [6.45, 7) is 1.49. The van der Waals surface area contributed by atoms with Gasteiger partial charge in [0.2, 0.25) is 0 Å². The molecule has 29 heavy (non-hydrogen) atoms. The Labute approximate surface area is 188 Å². The van der Waals surface area contributed by atoms with Gasteiger partial charge in [0.1, 0.15) is 5.75 Å². The van der Waals surface area contributed by atoms with Crippen molar-refractivity contribution in [2.45, 2.75) is 31.8 Å². The summed E-state index contributed by atoms with van der Waals surface area (Å²) >= 11 is 0. The number of carbonyl (C=O) groups excluding carboxylic acids is 1. The van der Waals surface area contributed by atoms with Crippen LogP contribution in [0.4, 0.5) is 0 Å². The molecule has 0 spiro atoms. The molecule has 1 fully saturated rings. The average molecular weight is 512 g/mol. The quantitative estimate of drug-likeness (QED) is 0.270. The van der Waals surface area contributed by atoms with Crippen molar-refractivity contribution in [3.8, 4) is 5.75 Å². The molecule has 0 bridgehead atoms. The maximum Gasteiger partial charge on any atom is 0.258 e. The zero-order valence-corrected chi connectivity index (χ0v) is 19.2. The highest BCUT2D eigenvalue weighted by atomic mass is 127.